The van der Waals surface area contributed by atoms with Gasteiger partial charge in [-0.25, -0.2) is 18.2 Å². The van der Waals surface area contributed by atoms with Crippen LogP contribution >= 0.6 is 15.9 Å². The van der Waals surface area contributed by atoms with Crippen LogP contribution < -0.4 is 5.69 Å². The van der Waals surface area contributed by atoms with Crippen molar-refractivity contribution in [1.29, 1.82) is 0 Å². The van der Waals surface area contributed by atoms with E-state index < -0.39 is 16.1 Å². The Hall–Kier alpha value is -2.84. The fourth-order valence-electron chi connectivity index (χ4n) is 6.09. The van der Waals surface area contributed by atoms with Crippen LogP contribution in [-0.2, 0) is 29.5 Å². The Labute approximate surface area is 247 Å². The lowest BCUT2D eigenvalue weighted by molar-refractivity contribution is 0.0762. The number of hydrogen-bond acceptors (Lipinski definition) is 7. The molecule has 5 heterocycles. The predicted molar refractivity (Wildman–Crippen MR) is 160 cm³/mol. The molecule has 4 aromatic rings. The van der Waals surface area contributed by atoms with Crippen LogP contribution in [0.2, 0.25) is 0 Å². The van der Waals surface area contributed by atoms with Crippen molar-refractivity contribution in [3.63, 3.8) is 0 Å². The van der Waals surface area contributed by atoms with E-state index in [0.29, 0.717) is 31.7 Å². The average molecular weight is 645 g/mol. The largest absolute Gasteiger partial charge is 0.390 e. The number of nitrogens with zero attached hydrogens (tertiary/aromatic N) is 6. The highest BCUT2D eigenvalue weighted by atomic mass is 79.9. The van der Waals surface area contributed by atoms with Gasteiger partial charge < -0.3 is 15.0 Å². The zero-order valence-corrected chi connectivity index (χ0v) is 25.5. The lowest BCUT2D eigenvalue weighted by atomic mass is 10.0. The lowest BCUT2D eigenvalue weighted by Gasteiger charge is -2.33. The van der Waals surface area contributed by atoms with Crippen LogP contribution in [0, 0.1) is 6.92 Å². The van der Waals surface area contributed by atoms with Gasteiger partial charge in [-0.1, -0.05) is 28.1 Å². The molecule has 2 aliphatic rings. The second kappa shape index (κ2) is 11.1. The third kappa shape index (κ3) is 5.78. The summed E-state index contributed by atoms with van der Waals surface area (Å²) in [6.07, 6.45) is 2.71. The number of aromatic nitrogens is 5. The number of aliphatic hydroxyl groups excluding tert-OH is 1. The third-order valence-corrected chi connectivity index (χ3v) is 9.94. The van der Waals surface area contributed by atoms with Gasteiger partial charge in [0.25, 0.3) is 0 Å². The second-order valence-electron chi connectivity index (χ2n) is 11.1. The van der Waals surface area contributed by atoms with E-state index in [1.54, 1.807) is 4.57 Å². The van der Waals surface area contributed by atoms with Gasteiger partial charge in [-0.15, -0.1) is 0 Å². The Morgan fingerprint density at radius 2 is 1.83 bits per heavy atom. The molecule has 2 aliphatic heterocycles. The fourth-order valence-corrected chi connectivity index (χ4v) is 7.14. The van der Waals surface area contributed by atoms with Gasteiger partial charge in [0.2, 0.25) is 10.0 Å². The second-order valence-corrected chi connectivity index (χ2v) is 14.0. The molecule has 1 fully saturated rings. The van der Waals surface area contributed by atoms with Gasteiger partial charge in [0.15, 0.2) is 5.65 Å². The van der Waals surface area contributed by atoms with Gasteiger partial charge in [-0.2, -0.15) is 9.40 Å². The van der Waals surface area contributed by atoms with Gasteiger partial charge in [0, 0.05) is 72.2 Å². The molecule has 0 aliphatic carbocycles. The highest BCUT2D eigenvalue weighted by Crippen LogP contribution is 2.32. The first-order valence-corrected chi connectivity index (χ1v) is 16.5. The number of fused-ring (bicyclic) bond motifs is 2. The van der Waals surface area contributed by atoms with Crippen molar-refractivity contribution in [2.45, 2.75) is 51.4 Å². The maximum Gasteiger partial charge on any atom is 0.327 e. The molecule has 1 atom stereocenters. The first-order chi connectivity index (χ1) is 19.6. The van der Waals surface area contributed by atoms with Crippen LogP contribution in [0.3, 0.4) is 0 Å². The Kier molecular flexibility index (Phi) is 7.66. The van der Waals surface area contributed by atoms with Gasteiger partial charge in [0.05, 0.1) is 30.1 Å². The molecule has 3 aromatic heterocycles. The molecule has 2 N–H and O–H groups in total. The van der Waals surface area contributed by atoms with Crippen LogP contribution in [0.15, 0.2) is 45.7 Å². The molecule has 13 heteroatoms. The van der Waals surface area contributed by atoms with Crippen LogP contribution in [0.4, 0.5) is 0 Å². The summed E-state index contributed by atoms with van der Waals surface area (Å²) >= 11 is 3.47. The molecule has 1 aromatic carbocycles. The van der Waals surface area contributed by atoms with Crippen LogP contribution in [0.5, 0.6) is 0 Å². The topological polar surface area (TPSA) is 129 Å². The molecule has 0 bridgehead atoms. The summed E-state index contributed by atoms with van der Waals surface area (Å²) in [5.41, 5.74) is 5.73. The molecule has 11 nitrogen and oxygen atoms in total. The van der Waals surface area contributed by atoms with E-state index in [-0.39, 0.29) is 18.3 Å². The molecule has 0 spiro atoms. The number of hydrogen-bond donors (Lipinski definition) is 2. The lowest BCUT2D eigenvalue weighted by Crippen LogP contribution is -2.42. The Morgan fingerprint density at radius 3 is 2.54 bits per heavy atom. The maximum absolute atomic E-state index is 12.7. The maximum atomic E-state index is 12.7. The number of rotatable bonds is 7. The van der Waals surface area contributed by atoms with E-state index in [9.17, 15) is 18.3 Å². The normalized spacial score (nSPS) is 18.1. The summed E-state index contributed by atoms with van der Waals surface area (Å²) in [6.45, 7) is 4.92. The molecule has 1 unspecified atom stereocenters. The van der Waals surface area contributed by atoms with Crippen LogP contribution in [0.25, 0.3) is 22.4 Å². The summed E-state index contributed by atoms with van der Waals surface area (Å²) in [6, 6.07) is 11.7. The number of piperidine rings is 1. The number of H-pyrrole nitrogens is 1. The summed E-state index contributed by atoms with van der Waals surface area (Å²) in [5, 5.41) is 16.0. The number of nitrogens with one attached hydrogen (secondary N) is 1. The fraction of sp³-hybridized carbons (Fsp3) is 0.464. The van der Waals surface area contributed by atoms with Crippen molar-refractivity contribution in [3.05, 3.63) is 68.3 Å². The smallest absolute Gasteiger partial charge is 0.327 e. The zero-order chi connectivity index (χ0) is 28.9. The Morgan fingerprint density at radius 1 is 1.10 bits per heavy atom. The zero-order valence-electron chi connectivity index (χ0n) is 23.1. The van der Waals surface area contributed by atoms with Crippen molar-refractivity contribution in [3.8, 4) is 11.3 Å². The molecule has 0 radical (unpaired) electrons. The Balaban J connectivity index is 1.16. The first-order valence-electron chi connectivity index (χ1n) is 13.8. The Bertz CT molecular complexity index is 1740. The number of imidazole rings is 1. The van der Waals surface area contributed by atoms with E-state index in [1.165, 1.54) is 10.6 Å². The predicted octanol–water partition coefficient (Wildman–Crippen LogP) is 2.67. The third-order valence-electron chi connectivity index (χ3n) is 8.16. The molecule has 1 saturated heterocycles. The number of sulfonamides is 1. The number of benzene rings is 1. The van der Waals surface area contributed by atoms with Crippen molar-refractivity contribution >= 4 is 37.1 Å². The SMILES string of the molecule is Cc1ccc2[nH]c(=O)n(C3CCN(CC(O)Cn4nc(-c5ccc(Br)cc5)c5c4CCN(S(C)(=O)=O)C5)CC3)c2n1. The highest BCUT2D eigenvalue weighted by molar-refractivity contribution is 9.10. The molecular weight excluding hydrogens is 610 g/mol. The van der Waals surface area contributed by atoms with Crippen molar-refractivity contribution in [2.24, 2.45) is 0 Å². The molecule has 0 amide bonds. The van der Waals surface area contributed by atoms with Crippen LogP contribution in [-0.4, -0.2) is 85.6 Å². The van der Waals surface area contributed by atoms with E-state index >= 15 is 0 Å². The first kappa shape index (κ1) is 28.3. The average Bonchev–Trinajstić information content (AvgIpc) is 3.45. The molecule has 41 heavy (non-hydrogen) atoms. The minimum Gasteiger partial charge on any atom is -0.390 e. The summed E-state index contributed by atoms with van der Waals surface area (Å²) in [5.74, 6) is 0. The van der Waals surface area contributed by atoms with Crippen molar-refractivity contribution in [2.75, 3.05) is 32.4 Å². The molecule has 6 rings (SSSR count). The van der Waals surface area contributed by atoms with Gasteiger partial charge in [0.1, 0.15) is 0 Å². The van der Waals surface area contributed by atoms with Crippen molar-refractivity contribution in [1.82, 2.24) is 33.5 Å². The summed E-state index contributed by atoms with van der Waals surface area (Å²) in [7, 11) is -3.34. The van der Waals surface area contributed by atoms with E-state index in [1.807, 2.05) is 48.0 Å². The monoisotopic (exact) mass is 643 g/mol. The van der Waals surface area contributed by atoms with Gasteiger partial charge in [-0.05, 0) is 44.0 Å². The minimum absolute atomic E-state index is 0.0586. The number of aromatic amines is 1. The minimum atomic E-state index is -3.34. The summed E-state index contributed by atoms with van der Waals surface area (Å²) in [4.78, 5) is 22.4. The van der Waals surface area contributed by atoms with Gasteiger partial charge in [-0.3, -0.25) is 9.25 Å². The molecular formula is C28H34BrN7O4S. The van der Waals surface area contributed by atoms with Gasteiger partial charge >= 0.3 is 5.69 Å². The number of β-amino-alcohol motifs (C(OH)–C–C–N with tert-alkyl or cyclic N) is 1. The molecule has 218 valence electrons. The summed E-state index contributed by atoms with van der Waals surface area (Å²) < 4.78 is 30.7. The standard InChI is InChI=1S/C28H34BrN7O4S/c1-18-3-8-24-27(30-18)36(28(38)31-24)21-9-12-33(13-10-21)15-22(37)16-35-25-11-14-34(41(2,39)40)17-23(25)26(32-35)19-4-6-20(29)7-5-19/h3-8,21-22,37H,9-17H2,1-2H3,(H,31,38). The van der Waals surface area contributed by atoms with E-state index in [2.05, 4.69) is 30.8 Å². The van der Waals surface area contributed by atoms with Crippen molar-refractivity contribution < 1.29 is 13.5 Å². The van der Waals surface area contributed by atoms with Crippen LogP contribution in [0.1, 0.15) is 35.8 Å². The number of aryl methyl sites for hydroxylation is 1. The number of pyridine rings is 1. The van der Waals surface area contributed by atoms with E-state index in [4.69, 9.17) is 5.10 Å². The van der Waals surface area contributed by atoms with E-state index in [0.717, 1.165) is 64.1 Å². The number of likely N-dealkylation sites (tertiary alicyclic amines) is 1. The number of aliphatic hydroxyl groups is 1. The quantitative estimate of drug-likeness (QED) is 0.317. The number of halogens is 1. The highest BCUT2D eigenvalue weighted by Gasteiger charge is 2.31. The molecule has 0 saturated carbocycles.